The SMILES string of the molecule is COc1ncc(C2(C(=O)OC(C)(C)C)CC2)cc1C(F)(F)F. The molecule has 0 aliphatic heterocycles. The molecule has 0 saturated heterocycles. The highest BCUT2D eigenvalue weighted by Crippen LogP contribution is 2.51. The second kappa shape index (κ2) is 5.14. The van der Waals surface area contributed by atoms with Crippen LogP contribution in [0.5, 0.6) is 5.88 Å². The molecule has 1 heterocycles. The summed E-state index contributed by atoms with van der Waals surface area (Å²) < 4.78 is 49.2. The number of ether oxygens (including phenoxy) is 2. The van der Waals surface area contributed by atoms with Gasteiger partial charge in [0, 0.05) is 6.20 Å². The molecule has 0 amide bonds. The van der Waals surface area contributed by atoms with E-state index in [2.05, 4.69) is 9.72 Å². The van der Waals surface area contributed by atoms with Crippen LogP contribution in [0.25, 0.3) is 0 Å². The molecule has 0 radical (unpaired) electrons. The molecule has 0 aromatic carbocycles. The lowest BCUT2D eigenvalue weighted by Gasteiger charge is -2.24. The Hall–Kier alpha value is -1.79. The van der Waals surface area contributed by atoms with Gasteiger partial charge in [-0.15, -0.1) is 0 Å². The van der Waals surface area contributed by atoms with Crippen molar-refractivity contribution in [2.45, 2.75) is 50.8 Å². The number of nitrogens with zero attached hydrogens (tertiary/aromatic N) is 1. The van der Waals surface area contributed by atoms with Crippen molar-refractivity contribution in [3.8, 4) is 5.88 Å². The van der Waals surface area contributed by atoms with Crippen molar-refractivity contribution >= 4 is 5.97 Å². The van der Waals surface area contributed by atoms with Crippen LogP contribution in [0.1, 0.15) is 44.7 Å². The fourth-order valence-electron chi connectivity index (χ4n) is 2.19. The first kappa shape index (κ1) is 16.6. The normalized spacial score (nSPS) is 17.0. The maximum Gasteiger partial charge on any atom is 0.421 e. The van der Waals surface area contributed by atoms with Crippen molar-refractivity contribution < 1.29 is 27.4 Å². The van der Waals surface area contributed by atoms with E-state index in [0.717, 1.165) is 13.2 Å². The number of aromatic nitrogens is 1. The van der Waals surface area contributed by atoms with Gasteiger partial charge >= 0.3 is 12.1 Å². The number of halogens is 3. The van der Waals surface area contributed by atoms with Crippen molar-refractivity contribution in [3.05, 3.63) is 23.4 Å². The number of pyridine rings is 1. The van der Waals surface area contributed by atoms with Crippen LogP contribution in [0.4, 0.5) is 13.2 Å². The molecule has 1 aromatic rings. The van der Waals surface area contributed by atoms with Crippen LogP contribution >= 0.6 is 0 Å². The maximum atomic E-state index is 13.1. The summed E-state index contributed by atoms with van der Waals surface area (Å²) in [6, 6.07) is 0.933. The van der Waals surface area contributed by atoms with E-state index in [9.17, 15) is 18.0 Å². The highest BCUT2D eigenvalue weighted by atomic mass is 19.4. The van der Waals surface area contributed by atoms with Gasteiger partial charge in [0.05, 0.1) is 12.5 Å². The average molecular weight is 317 g/mol. The Balaban J connectivity index is 2.39. The molecule has 1 aliphatic rings. The minimum atomic E-state index is -4.60. The first-order valence-electron chi connectivity index (χ1n) is 6.85. The second-order valence-corrected chi connectivity index (χ2v) is 6.36. The van der Waals surface area contributed by atoms with Gasteiger partial charge in [0.2, 0.25) is 5.88 Å². The van der Waals surface area contributed by atoms with Gasteiger partial charge in [-0.2, -0.15) is 13.2 Å². The number of hydrogen-bond acceptors (Lipinski definition) is 4. The van der Waals surface area contributed by atoms with Gasteiger partial charge in [-0.25, -0.2) is 4.98 Å². The van der Waals surface area contributed by atoms with Crippen LogP contribution in [0.2, 0.25) is 0 Å². The topological polar surface area (TPSA) is 48.4 Å². The molecule has 0 unspecified atom stereocenters. The lowest BCUT2D eigenvalue weighted by molar-refractivity contribution is -0.158. The third-order valence-electron chi connectivity index (χ3n) is 3.44. The molecular formula is C15H18F3NO3. The second-order valence-electron chi connectivity index (χ2n) is 6.36. The zero-order chi connectivity index (χ0) is 16.8. The molecule has 22 heavy (non-hydrogen) atoms. The Bertz CT molecular complexity index is 587. The highest BCUT2D eigenvalue weighted by Gasteiger charge is 2.54. The van der Waals surface area contributed by atoms with Crippen molar-refractivity contribution in [3.63, 3.8) is 0 Å². The Morgan fingerprint density at radius 2 is 1.86 bits per heavy atom. The Morgan fingerprint density at radius 1 is 1.27 bits per heavy atom. The predicted molar refractivity (Wildman–Crippen MR) is 72.5 cm³/mol. The van der Waals surface area contributed by atoms with Crippen LogP contribution in [0.3, 0.4) is 0 Å². The van der Waals surface area contributed by atoms with E-state index >= 15 is 0 Å². The number of methoxy groups -OCH3 is 1. The van der Waals surface area contributed by atoms with Crippen molar-refractivity contribution in [1.29, 1.82) is 0 Å². The fourth-order valence-corrected chi connectivity index (χ4v) is 2.19. The van der Waals surface area contributed by atoms with E-state index in [1.54, 1.807) is 20.8 Å². The summed E-state index contributed by atoms with van der Waals surface area (Å²) in [5.74, 6) is -1.02. The number of hydrogen-bond donors (Lipinski definition) is 0. The Kier molecular flexibility index (Phi) is 3.87. The highest BCUT2D eigenvalue weighted by molar-refractivity contribution is 5.87. The van der Waals surface area contributed by atoms with Crippen molar-refractivity contribution in [2.75, 3.05) is 7.11 Å². The third-order valence-corrected chi connectivity index (χ3v) is 3.44. The van der Waals surface area contributed by atoms with Crippen molar-refractivity contribution in [1.82, 2.24) is 4.98 Å². The van der Waals surface area contributed by atoms with Gasteiger partial charge in [-0.1, -0.05) is 0 Å². The summed E-state index contributed by atoms with van der Waals surface area (Å²) in [6.07, 6.45) is -2.44. The van der Waals surface area contributed by atoms with E-state index in [0.29, 0.717) is 12.8 Å². The molecule has 0 atom stereocenters. The molecule has 122 valence electrons. The molecule has 1 aromatic heterocycles. The molecule has 0 N–H and O–H groups in total. The summed E-state index contributed by atoms with van der Waals surface area (Å²) in [4.78, 5) is 16.0. The van der Waals surface area contributed by atoms with Gasteiger partial charge in [-0.3, -0.25) is 4.79 Å². The molecular weight excluding hydrogens is 299 g/mol. The standard InChI is InChI=1S/C15H18F3NO3/c1-13(2,3)22-12(20)14(5-6-14)9-7-10(15(16,17)18)11(21-4)19-8-9/h7-8H,5-6H2,1-4H3. The summed E-state index contributed by atoms with van der Waals surface area (Å²) in [5, 5.41) is 0. The van der Waals surface area contributed by atoms with E-state index in [1.807, 2.05) is 0 Å². The smallest absolute Gasteiger partial charge is 0.421 e. The molecule has 4 nitrogen and oxygen atoms in total. The van der Waals surface area contributed by atoms with Crippen LogP contribution in [0.15, 0.2) is 12.3 Å². The van der Waals surface area contributed by atoms with E-state index < -0.39 is 34.6 Å². The van der Waals surface area contributed by atoms with Gasteiger partial charge < -0.3 is 9.47 Å². The predicted octanol–water partition coefficient (Wildman–Crippen LogP) is 3.48. The molecule has 0 bridgehead atoms. The van der Waals surface area contributed by atoms with Gasteiger partial charge in [0.25, 0.3) is 0 Å². The first-order valence-corrected chi connectivity index (χ1v) is 6.85. The van der Waals surface area contributed by atoms with Crippen LogP contribution in [-0.2, 0) is 21.1 Å². The minimum Gasteiger partial charge on any atom is -0.481 e. The quantitative estimate of drug-likeness (QED) is 0.801. The van der Waals surface area contributed by atoms with Gasteiger partial charge in [0.15, 0.2) is 0 Å². The lowest BCUT2D eigenvalue weighted by Crippen LogP contribution is -2.32. The summed E-state index contributed by atoms with van der Waals surface area (Å²) >= 11 is 0. The summed E-state index contributed by atoms with van der Waals surface area (Å²) in [6.45, 7) is 5.15. The number of rotatable bonds is 3. The van der Waals surface area contributed by atoms with Crippen molar-refractivity contribution in [2.24, 2.45) is 0 Å². The zero-order valence-corrected chi connectivity index (χ0v) is 12.9. The van der Waals surface area contributed by atoms with Crippen LogP contribution in [0, 0.1) is 0 Å². The van der Waals surface area contributed by atoms with Gasteiger partial charge in [0.1, 0.15) is 11.2 Å². The molecule has 1 fully saturated rings. The van der Waals surface area contributed by atoms with E-state index in [4.69, 9.17) is 4.74 Å². The fraction of sp³-hybridized carbons (Fsp3) is 0.600. The molecule has 7 heteroatoms. The van der Waals surface area contributed by atoms with Gasteiger partial charge in [-0.05, 0) is 45.2 Å². The Labute approximate surface area is 126 Å². The Morgan fingerprint density at radius 3 is 2.27 bits per heavy atom. The largest absolute Gasteiger partial charge is 0.481 e. The minimum absolute atomic E-state index is 0.217. The van der Waals surface area contributed by atoms with Crippen LogP contribution in [-0.4, -0.2) is 23.7 Å². The number of alkyl halides is 3. The van der Waals surface area contributed by atoms with Crippen LogP contribution < -0.4 is 4.74 Å². The number of carbonyl (C=O) groups is 1. The van der Waals surface area contributed by atoms with E-state index in [-0.39, 0.29) is 5.56 Å². The first-order chi connectivity index (χ1) is 9.99. The molecule has 2 rings (SSSR count). The third kappa shape index (κ3) is 3.18. The molecule has 0 spiro atoms. The number of carbonyl (C=O) groups excluding carboxylic acids is 1. The zero-order valence-electron chi connectivity index (χ0n) is 12.9. The average Bonchev–Trinajstić information content (AvgIpc) is 3.16. The monoisotopic (exact) mass is 317 g/mol. The van der Waals surface area contributed by atoms with E-state index in [1.165, 1.54) is 6.20 Å². The molecule has 1 aliphatic carbocycles. The summed E-state index contributed by atoms with van der Waals surface area (Å²) in [7, 11) is 1.12. The maximum absolute atomic E-state index is 13.1. The summed E-state index contributed by atoms with van der Waals surface area (Å²) in [5.41, 5.74) is -2.48. The number of esters is 1. The lowest BCUT2D eigenvalue weighted by atomic mass is 9.96. The molecule has 1 saturated carbocycles.